The van der Waals surface area contributed by atoms with E-state index >= 15 is 0 Å². The van der Waals surface area contributed by atoms with Crippen LogP contribution >= 0.6 is 0 Å². The lowest BCUT2D eigenvalue weighted by molar-refractivity contribution is 0.662. The summed E-state index contributed by atoms with van der Waals surface area (Å²) >= 11 is 0. The lowest BCUT2D eigenvalue weighted by Gasteiger charge is -2.03. The second kappa shape index (κ2) is 4.57. The van der Waals surface area contributed by atoms with E-state index in [1.807, 2.05) is 6.92 Å². The van der Waals surface area contributed by atoms with Gasteiger partial charge in [-0.05, 0) is 33.6 Å². The summed E-state index contributed by atoms with van der Waals surface area (Å²) in [6.45, 7) is 6.25. The zero-order chi connectivity index (χ0) is 7.28. The molecular weight excluding hydrogens is 110 g/mol. The van der Waals surface area contributed by atoms with Crippen molar-refractivity contribution in [1.29, 1.82) is 0 Å². The maximum Gasteiger partial charge on any atom is 0.00135 e. The van der Waals surface area contributed by atoms with Crippen LogP contribution < -0.4 is 5.73 Å². The van der Waals surface area contributed by atoms with Crippen molar-refractivity contribution in [3.63, 3.8) is 0 Å². The zero-order valence-electron chi connectivity index (χ0n) is 6.65. The van der Waals surface area contributed by atoms with Crippen molar-refractivity contribution in [3.05, 3.63) is 11.6 Å². The van der Waals surface area contributed by atoms with Crippen LogP contribution in [0.3, 0.4) is 0 Å². The highest BCUT2D eigenvalue weighted by Crippen LogP contribution is 2.04. The van der Waals surface area contributed by atoms with Crippen molar-refractivity contribution in [2.45, 2.75) is 39.7 Å². The van der Waals surface area contributed by atoms with Crippen molar-refractivity contribution < 1.29 is 0 Å². The molecule has 9 heavy (non-hydrogen) atoms. The lowest BCUT2D eigenvalue weighted by Crippen LogP contribution is -2.14. The van der Waals surface area contributed by atoms with Gasteiger partial charge in [-0.15, -0.1) is 0 Å². The van der Waals surface area contributed by atoms with Gasteiger partial charge < -0.3 is 5.73 Å². The van der Waals surface area contributed by atoms with Crippen LogP contribution in [0.4, 0.5) is 0 Å². The molecule has 0 bridgehead atoms. The molecule has 0 aliphatic rings. The van der Waals surface area contributed by atoms with E-state index in [0.29, 0.717) is 6.04 Å². The molecule has 0 aromatic rings. The van der Waals surface area contributed by atoms with Crippen molar-refractivity contribution >= 4 is 0 Å². The summed E-state index contributed by atoms with van der Waals surface area (Å²) in [5.41, 5.74) is 7.01. The highest BCUT2D eigenvalue weighted by molar-refractivity contribution is 4.95. The molecule has 0 saturated heterocycles. The molecule has 54 valence electrons. The first-order chi connectivity index (χ1) is 4.16. The Hall–Kier alpha value is -0.300. The molecule has 0 aromatic heterocycles. The van der Waals surface area contributed by atoms with Crippen LogP contribution in [-0.4, -0.2) is 6.04 Å². The Morgan fingerprint density at radius 3 is 2.56 bits per heavy atom. The van der Waals surface area contributed by atoms with E-state index in [1.54, 1.807) is 0 Å². The van der Waals surface area contributed by atoms with E-state index in [0.717, 1.165) is 12.8 Å². The lowest BCUT2D eigenvalue weighted by atomic mass is 10.1. The van der Waals surface area contributed by atoms with Gasteiger partial charge in [-0.25, -0.2) is 0 Å². The minimum atomic E-state index is 0.347. The Labute approximate surface area is 57.9 Å². The molecule has 1 heteroatoms. The molecule has 0 amide bonds. The quantitative estimate of drug-likeness (QED) is 0.577. The number of hydrogen-bond donors (Lipinski definition) is 1. The van der Waals surface area contributed by atoms with Gasteiger partial charge in [0, 0.05) is 6.04 Å². The third kappa shape index (κ3) is 5.57. The van der Waals surface area contributed by atoms with Gasteiger partial charge in [-0.2, -0.15) is 0 Å². The summed E-state index contributed by atoms with van der Waals surface area (Å²) in [4.78, 5) is 0. The molecule has 1 atom stereocenters. The standard InChI is InChI=1S/C8H17N/c1-4-7(2)5-6-8(3)9/h4,8H,5-6,9H2,1-3H3/b7-4-. The molecule has 0 rings (SSSR count). The summed E-state index contributed by atoms with van der Waals surface area (Å²) in [6, 6.07) is 0.347. The molecule has 0 aliphatic carbocycles. The van der Waals surface area contributed by atoms with E-state index in [4.69, 9.17) is 5.73 Å². The largest absolute Gasteiger partial charge is 0.328 e. The van der Waals surface area contributed by atoms with Crippen LogP contribution in [0.25, 0.3) is 0 Å². The van der Waals surface area contributed by atoms with E-state index in [-0.39, 0.29) is 0 Å². The molecule has 2 N–H and O–H groups in total. The fourth-order valence-corrected chi connectivity index (χ4v) is 0.600. The van der Waals surface area contributed by atoms with Crippen molar-refractivity contribution in [3.8, 4) is 0 Å². The van der Waals surface area contributed by atoms with Crippen molar-refractivity contribution in [2.75, 3.05) is 0 Å². The van der Waals surface area contributed by atoms with Gasteiger partial charge in [-0.1, -0.05) is 11.6 Å². The normalized spacial score (nSPS) is 15.8. The first kappa shape index (κ1) is 8.70. The summed E-state index contributed by atoms with van der Waals surface area (Å²) in [6.07, 6.45) is 4.40. The average Bonchev–Trinajstić information content (AvgIpc) is 1.83. The van der Waals surface area contributed by atoms with E-state index in [9.17, 15) is 0 Å². The fraction of sp³-hybridized carbons (Fsp3) is 0.750. The summed E-state index contributed by atoms with van der Waals surface area (Å²) in [7, 11) is 0. The predicted molar refractivity (Wildman–Crippen MR) is 42.3 cm³/mol. The van der Waals surface area contributed by atoms with Gasteiger partial charge in [0.2, 0.25) is 0 Å². The minimum absolute atomic E-state index is 0.347. The molecular formula is C8H17N. The van der Waals surface area contributed by atoms with Gasteiger partial charge in [0.1, 0.15) is 0 Å². The zero-order valence-corrected chi connectivity index (χ0v) is 6.65. The second-order valence-electron chi connectivity index (χ2n) is 2.65. The number of allylic oxidation sites excluding steroid dienone is 2. The van der Waals surface area contributed by atoms with Crippen LogP contribution in [-0.2, 0) is 0 Å². The number of rotatable bonds is 3. The summed E-state index contributed by atoms with van der Waals surface area (Å²) in [5.74, 6) is 0. The van der Waals surface area contributed by atoms with Crippen LogP contribution in [0.5, 0.6) is 0 Å². The second-order valence-corrected chi connectivity index (χ2v) is 2.65. The number of hydrogen-bond acceptors (Lipinski definition) is 1. The Bertz CT molecular complexity index is 92.7. The maximum absolute atomic E-state index is 5.57. The van der Waals surface area contributed by atoms with Gasteiger partial charge in [0.15, 0.2) is 0 Å². The minimum Gasteiger partial charge on any atom is -0.328 e. The average molecular weight is 127 g/mol. The fourth-order valence-electron chi connectivity index (χ4n) is 0.600. The first-order valence-corrected chi connectivity index (χ1v) is 3.54. The number of nitrogens with two attached hydrogens (primary N) is 1. The molecule has 0 fully saturated rings. The topological polar surface area (TPSA) is 26.0 Å². The van der Waals surface area contributed by atoms with Crippen LogP contribution in [0.15, 0.2) is 11.6 Å². The molecule has 0 radical (unpaired) electrons. The Morgan fingerprint density at radius 1 is 1.67 bits per heavy atom. The van der Waals surface area contributed by atoms with Gasteiger partial charge in [-0.3, -0.25) is 0 Å². The van der Waals surface area contributed by atoms with Crippen LogP contribution in [0.2, 0.25) is 0 Å². The third-order valence-electron chi connectivity index (χ3n) is 1.49. The molecule has 0 saturated carbocycles. The van der Waals surface area contributed by atoms with Crippen molar-refractivity contribution in [2.24, 2.45) is 5.73 Å². The predicted octanol–water partition coefficient (Wildman–Crippen LogP) is 2.08. The molecule has 0 aliphatic heterocycles. The molecule has 1 unspecified atom stereocenters. The molecule has 0 heterocycles. The van der Waals surface area contributed by atoms with Gasteiger partial charge >= 0.3 is 0 Å². The smallest absolute Gasteiger partial charge is 0.00135 e. The van der Waals surface area contributed by atoms with Crippen molar-refractivity contribution in [1.82, 2.24) is 0 Å². The maximum atomic E-state index is 5.57. The van der Waals surface area contributed by atoms with Crippen LogP contribution in [0.1, 0.15) is 33.6 Å². The Morgan fingerprint density at radius 2 is 2.22 bits per heavy atom. The third-order valence-corrected chi connectivity index (χ3v) is 1.49. The SMILES string of the molecule is C/C=C(/C)CCC(C)N. The van der Waals surface area contributed by atoms with Gasteiger partial charge in [0.05, 0.1) is 0 Å². The monoisotopic (exact) mass is 127 g/mol. The summed E-state index contributed by atoms with van der Waals surface area (Å²) < 4.78 is 0. The molecule has 0 aromatic carbocycles. The first-order valence-electron chi connectivity index (χ1n) is 3.54. The van der Waals surface area contributed by atoms with E-state index < -0.39 is 0 Å². The Balaban J connectivity index is 3.28. The highest BCUT2D eigenvalue weighted by atomic mass is 14.6. The Kier molecular flexibility index (Phi) is 4.41. The molecule has 1 nitrogen and oxygen atoms in total. The van der Waals surface area contributed by atoms with E-state index in [2.05, 4.69) is 19.9 Å². The van der Waals surface area contributed by atoms with Gasteiger partial charge in [0.25, 0.3) is 0 Å². The summed E-state index contributed by atoms with van der Waals surface area (Å²) in [5, 5.41) is 0. The molecule has 0 spiro atoms. The van der Waals surface area contributed by atoms with Crippen LogP contribution in [0, 0.1) is 0 Å². The highest BCUT2D eigenvalue weighted by Gasteiger charge is 1.92. The van der Waals surface area contributed by atoms with E-state index in [1.165, 1.54) is 5.57 Å².